The van der Waals surface area contributed by atoms with Crippen LogP contribution in [-0.4, -0.2) is 72.9 Å². The van der Waals surface area contributed by atoms with Gasteiger partial charge in [0.1, 0.15) is 34.5 Å². The van der Waals surface area contributed by atoms with Crippen LogP contribution in [0.1, 0.15) is 98.8 Å². The number of pyridine rings is 3. The van der Waals surface area contributed by atoms with Crippen molar-refractivity contribution < 1.29 is 52.9 Å². The van der Waals surface area contributed by atoms with Crippen LogP contribution in [0, 0.1) is 41.5 Å². The summed E-state index contributed by atoms with van der Waals surface area (Å²) in [7, 11) is -10.6. The number of oxazole rings is 3. The lowest BCUT2D eigenvalue weighted by Crippen LogP contribution is -2.22. The number of amides is 3. The van der Waals surface area contributed by atoms with Gasteiger partial charge >= 0.3 is 0 Å². The molecule has 0 spiro atoms. The fraction of sp³-hybridized carbons (Fsp3) is 0.160. The van der Waals surface area contributed by atoms with Crippen LogP contribution in [0.5, 0.6) is 0 Å². The predicted molar refractivity (Wildman–Crippen MR) is 372 cm³/mol. The van der Waals surface area contributed by atoms with Crippen molar-refractivity contribution in [3.63, 3.8) is 0 Å². The highest BCUT2D eigenvalue weighted by atomic mass is 32.2. The van der Waals surface area contributed by atoms with Crippen molar-refractivity contribution in [1.29, 1.82) is 0 Å². The Morgan fingerprint density at radius 2 is 0.576 bits per heavy atom. The van der Waals surface area contributed by atoms with Crippen LogP contribution < -0.4 is 16.0 Å². The molecule has 0 aliphatic heterocycles. The molecule has 12 aromatic rings. The van der Waals surface area contributed by atoms with Gasteiger partial charge in [-0.15, -0.1) is 0 Å². The van der Waals surface area contributed by atoms with E-state index in [4.69, 9.17) is 13.3 Å². The van der Waals surface area contributed by atoms with Gasteiger partial charge < -0.3 is 29.2 Å². The number of hydrogen-bond donors (Lipinski definition) is 3. The summed E-state index contributed by atoms with van der Waals surface area (Å²) in [6.45, 7) is 11.9. The second-order valence-corrected chi connectivity index (χ2v) is 29.1. The van der Waals surface area contributed by atoms with Gasteiger partial charge in [0.2, 0.25) is 17.7 Å². The first-order chi connectivity index (χ1) is 47.4. The topological polar surface area (TPSA) is 306 Å². The second-order valence-electron chi connectivity index (χ2n) is 23.1. The van der Waals surface area contributed by atoms with Crippen molar-refractivity contribution in [3.8, 4) is 34.4 Å². The van der Waals surface area contributed by atoms with Gasteiger partial charge in [-0.05, 0) is 186 Å². The lowest BCUT2D eigenvalue weighted by atomic mass is 10.1. The third-order valence-corrected chi connectivity index (χ3v) is 20.4. The summed E-state index contributed by atoms with van der Waals surface area (Å²) in [6, 6.07) is 51.7. The average Bonchev–Trinajstić information content (AvgIpc) is 1.70. The van der Waals surface area contributed by atoms with Crippen molar-refractivity contribution in [2.45, 2.75) is 93.1 Å². The SMILES string of the molecule is Cc1ccc(S(=O)(=O)Cc2nc(-c3ccc(C(=O)NCc4cccnc4)cc3)oc2C)cc1.Cc1ccc(S(=O)(=O)Cc2nc(-c3ccc(C(=O)NCc4cccnc4)cc3)oc2C)cc1.Cc1ccc(S(=O)(=O)Cc2nc(-c3ccc(C(=O)NCc4cccnc4)cc3)oc2C)cc1. The first-order valence-corrected chi connectivity index (χ1v) is 36.0. The van der Waals surface area contributed by atoms with Crippen molar-refractivity contribution in [2.75, 3.05) is 0 Å². The van der Waals surface area contributed by atoms with Crippen molar-refractivity contribution in [1.82, 2.24) is 45.9 Å². The summed E-state index contributed by atoms with van der Waals surface area (Å²) < 4.78 is 93.8. The van der Waals surface area contributed by atoms with E-state index in [-0.39, 0.29) is 49.7 Å². The number of aromatic nitrogens is 6. The Balaban J connectivity index is 0.000000161. The summed E-state index contributed by atoms with van der Waals surface area (Å²) >= 11 is 0. The van der Waals surface area contributed by atoms with E-state index in [9.17, 15) is 39.6 Å². The molecule has 0 aliphatic carbocycles. The zero-order valence-corrected chi connectivity index (χ0v) is 57.3. The maximum atomic E-state index is 12.8. The molecular formula is C75H69N9O12S3. The Morgan fingerprint density at radius 1 is 0.333 bits per heavy atom. The normalized spacial score (nSPS) is 11.3. The number of carbonyl (C=O) groups is 3. The van der Waals surface area contributed by atoms with Crippen LogP contribution in [0.3, 0.4) is 0 Å². The number of carbonyl (C=O) groups excluding carboxylic acids is 3. The Hall–Kier alpha value is -11.3. The number of nitrogens with one attached hydrogen (secondary N) is 3. The zero-order valence-electron chi connectivity index (χ0n) is 54.8. The number of nitrogens with zero attached hydrogens (tertiary/aromatic N) is 6. The van der Waals surface area contributed by atoms with E-state index < -0.39 is 29.5 Å². The smallest absolute Gasteiger partial charge is 0.251 e. The van der Waals surface area contributed by atoms with E-state index in [0.29, 0.717) is 105 Å². The van der Waals surface area contributed by atoms with Crippen molar-refractivity contribution >= 4 is 47.2 Å². The fourth-order valence-corrected chi connectivity index (χ4v) is 13.8. The molecular weight excluding hydrogens is 1320 g/mol. The Labute approximate surface area is 573 Å². The van der Waals surface area contributed by atoms with E-state index in [1.54, 1.807) is 204 Å². The third kappa shape index (κ3) is 19.0. The monoisotopic (exact) mass is 1380 g/mol. The van der Waals surface area contributed by atoms with Gasteiger partial charge in [-0.3, -0.25) is 29.3 Å². The van der Waals surface area contributed by atoms with Crippen LogP contribution in [-0.2, 0) is 66.4 Å². The largest absolute Gasteiger partial charge is 0.441 e. The summed E-state index contributed by atoms with van der Waals surface area (Å²) in [5.41, 5.74) is 10.2. The maximum absolute atomic E-state index is 12.8. The molecule has 0 atom stereocenters. The highest BCUT2D eigenvalue weighted by Crippen LogP contribution is 2.29. The molecule has 6 aromatic carbocycles. The molecule has 24 heteroatoms. The first kappa shape index (κ1) is 70.5. The van der Waals surface area contributed by atoms with Gasteiger partial charge in [0.15, 0.2) is 29.5 Å². The van der Waals surface area contributed by atoms with Crippen molar-refractivity contribution in [3.05, 3.63) is 304 Å². The minimum atomic E-state index is -3.55. The van der Waals surface area contributed by atoms with Gasteiger partial charge in [0, 0.05) is 90.2 Å². The Morgan fingerprint density at radius 3 is 0.798 bits per heavy atom. The molecule has 0 saturated carbocycles. The first-order valence-electron chi connectivity index (χ1n) is 31.0. The number of sulfone groups is 3. The molecule has 12 rings (SSSR count). The third-order valence-electron chi connectivity index (χ3n) is 15.5. The molecule has 0 saturated heterocycles. The summed E-state index contributed by atoms with van der Waals surface area (Å²) in [5, 5.41) is 8.54. The van der Waals surface area contributed by atoms with Crippen LogP contribution in [0.15, 0.2) is 247 Å². The molecule has 6 aromatic heterocycles. The minimum absolute atomic E-state index is 0.209. The van der Waals surface area contributed by atoms with Crippen LogP contribution >= 0.6 is 0 Å². The molecule has 0 unspecified atom stereocenters. The van der Waals surface area contributed by atoms with Crippen LogP contribution in [0.4, 0.5) is 0 Å². The number of rotatable bonds is 21. The summed E-state index contributed by atoms with van der Waals surface area (Å²) in [5.74, 6) is 0.881. The summed E-state index contributed by atoms with van der Waals surface area (Å²) in [4.78, 5) is 63.2. The number of hydrogen-bond acceptors (Lipinski definition) is 18. The van der Waals surface area contributed by atoms with Gasteiger partial charge in [-0.2, -0.15) is 0 Å². The Bertz CT molecular complexity index is 4600. The standard InChI is InChI=1S/3C25H23N3O4S/c3*1-17-5-11-22(12-6-17)33(30,31)16-23-18(2)32-25(28-23)21-9-7-20(8-10-21)24(29)27-15-19-4-3-13-26-14-19/h3*3-14H,15-16H2,1-2H3,(H,27,29). The zero-order chi connectivity index (χ0) is 70.3. The van der Waals surface area contributed by atoms with E-state index in [1.165, 1.54) is 0 Å². The molecule has 0 radical (unpaired) electrons. The summed E-state index contributed by atoms with van der Waals surface area (Å²) in [6.07, 6.45) is 10.1. The van der Waals surface area contributed by atoms with E-state index >= 15 is 0 Å². The highest BCUT2D eigenvalue weighted by molar-refractivity contribution is 7.91. The lowest BCUT2D eigenvalue weighted by Gasteiger charge is -2.05. The second kappa shape index (κ2) is 31.7. The molecule has 99 heavy (non-hydrogen) atoms. The molecule has 6 heterocycles. The van der Waals surface area contributed by atoms with Gasteiger partial charge in [-0.1, -0.05) is 71.3 Å². The van der Waals surface area contributed by atoms with Gasteiger partial charge in [0.05, 0.1) is 31.8 Å². The van der Waals surface area contributed by atoms with Crippen LogP contribution in [0.2, 0.25) is 0 Å². The van der Waals surface area contributed by atoms with Gasteiger partial charge in [-0.25, -0.2) is 40.2 Å². The van der Waals surface area contributed by atoms with E-state index in [1.807, 2.05) is 57.2 Å². The fourth-order valence-electron chi connectivity index (χ4n) is 9.74. The molecule has 3 amide bonds. The number of benzene rings is 6. The maximum Gasteiger partial charge on any atom is 0.251 e. The Kier molecular flexibility index (Phi) is 22.6. The molecule has 0 fully saturated rings. The molecule has 3 N–H and O–H groups in total. The molecule has 504 valence electrons. The highest BCUT2D eigenvalue weighted by Gasteiger charge is 2.25. The number of aryl methyl sites for hydroxylation is 6. The molecule has 21 nitrogen and oxygen atoms in total. The average molecular weight is 1380 g/mol. The van der Waals surface area contributed by atoms with Crippen molar-refractivity contribution in [2.24, 2.45) is 0 Å². The molecule has 0 bridgehead atoms. The lowest BCUT2D eigenvalue weighted by molar-refractivity contribution is 0.0943. The molecule has 0 aliphatic rings. The van der Waals surface area contributed by atoms with Crippen LogP contribution in [0.25, 0.3) is 34.4 Å². The van der Waals surface area contributed by atoms with E-state index in [2.05, 4.69) is 45.9 Å². The predicted octanol–water partition coefficient (Wildman–Crippen LogP) is 12.8. The quantitative estimate of drug-likeness (QED) is 0.0602. The minimum Gasteiger partial charge on any atom is -0.441 e. The van der Waals surface area contributed by atoms with E-state index in [0.717, 1.165) is 33.4 Å². The van der Waals surface area contributed by atoms with Gasteiger partial charge in [0.25, 0.3) is 17.7 Å².